The summed E-state index contributed by atoms with van der Waals surface area (Å²) in [4.78, 5) is 0. The van der Waals surface area contributed by atoms with Gasteiger partial charge in [0.05, 0.1) is 6.61 Å². The van der Waals surface area contributed by atoms with Crippen LogP contribution in [0.25, 0.3) is 0 Å². The van der Waals surface area contributed by atoms with E-state index in [0.29, 0.717) is 5.04 Å². The minimum atomic E-state index is -1.58. The lowest BCUT2D eigenvalue weighted by atomic mass is 10.2. The van der Waals surface area contributed by atoms with E-state index in [2.05, 4.69) is 62.8 Å². The van der Waals surface area contributed by atoms with Crippen molar-refractivity contribution in [2.45, 2.75) is 58.7 Å². The summed E-state index contributed by atoms with van der Waals surface area (Å²) in [5.74, 6) is 0. The van der Waals surface area contributed by atoms with E-state index in [-0.39, 0.29) is 0 Å². The van der Waals surface area contributed by atoms with Crippen LogP contribution in [0.1, 0.15) is 40.5 Å². The van der Waals surface area contributed by atoms with Crippen LogP contribution < -0.4 is 0 Å². The topological polar surface area (TPSA) is 9.23 Å². The fourth-order valence-electron chi connectivity index (χ4n) is 0.826. The van der Waals surface area contributed by atoms with Crippen LogP contribution in [-0.2, 0) is 4.43 Å². The monoisotopic (exact) mass is 292 g/mol. The molecule has 0 aromatic rings. The van der Waals surface area contributed by atoms with Crippen molar-refractivity contribution in [2.24, 2.45) is 0 Å². The van der Waals surface area contributed by atoms with E-state index in [1.165, 1.54) is 10.9 Å². The number of unbranched alkanes of at least 4 members (excludes halogenated alkanes) is 1. The van der Waals surface area contributed by atoms with E-state index in [9.17, 15) is 0 Å². The maximum absolute atomic E-state index is 6.08. The van der Waals surface area contributed by atoms with Gasteiger partial charge in [0.2, 0.25) is 0 Å². The van der Waals surface area contributed by atoms with Gasteiger partial charge >= 0.3 is 0 Å². The molecule has 0 rings (SSSR count). The summed E-state index contributed by atoms with van der Waals surface area (Å²) in [5, 5.41) is 0.297. The Hall–Kier alpha value is 0.397. The number of rotatable bonds is 5. The highest BCUT2D eigenvalue weighted by atomic mass is 79.9. The molecule has 0 aromatic carbocycles. The molecule has 0 radical (unpaired) electrons. The van der Waals surface area contributed by atoms with Crippen LogP contribution in [0.3, 0.4) is 0 Å². The molecule has 0 spiro atoms. The zero-order valence-corrected chi connectivity index (χ0v) is 13.6. The summed E-state index contributed by atoms with van der Waals surface area (Å²) in [6, 6.07) is 0. The number of hydrogen-bond donors (Lipinski definition) is 0. The van der Waals surface area contributed by atoms with Gasteiger partial charge in [-0.25, -0.2) is 0 Å². The SMILES string of the molecule is CCC/C=C(/Br)CO[Si](C)(C)C(C)(C)C. The van der Waals surface area contributed by atoms with Gasteiger partial charge in [0.1, 0.15) is 0 Å². The lowest BCUT2D eigenvalue weighted by molar-refractivity contribution is 0.325. The Labute approximate surface area is 105 Å². The summed E-state index contributed by atoms with van der Waals surface area (Å²) < 4.78 is 7.27. The highest BCUT2D eigenvalue weighted by Gasteiger charge is 2.36. The third kappa shape index (κ3) is 5.88. The molecule has 0 fully saturated rings. The predicted molar refractivity (Wildman–Crippen MR) is 75.1 cm³/mol. The molecule has 0 amide bonds. The van der Waals surface area contributed by atoms with Gasteiger partial charge in [-0.1, -0.05) is 56.1 Å². The van der Waals surface area contributed by atoms with Crippen molar-refractivity contribution < 1.29 is 4.43 Å². The van der Waals surface area contributed by atoms with Gasteiger partial charge in [-0.15, -0.1) is 0 Å². The second kappa shape index (κ2) is 6.21. The minimum absolute atomic E-state index is 0.297. The highest BCUT2D eigenvalue weighted by molar-refractivity contribution is 9.11. The fraction of sp³-hybridized carbons (Fsp3) is 0.833. The van der Waals surface area contributed by atoms with Crippen LogP contribution in [-0.4, -0.2) is 14.9 Å². The molecule has 0 bridgehead atoms. The van der Waals surface area contributed by atoms with Crippen molar-refractivity contribution >= 4 is 24.2 Å². The second-order valence-corrected chi connectivity index (χ2v) is 11.3. The minimum Gasteiger partial charge on any atom is -0.412 e. The zero-order chi connectivity index (χ0) is 12.1. The Kier molecular flexibility index (Phi) is 6.38. The van der Waals surface area contributed by atoms with Crippen LogP contribution in [0.5, 0.6) is 0 Å². The molecular formula is C12H25BrOSi. The molecule has 0 heterocycles. The summed E-state index contributed by atoms with van der Waals surface area (Å²) in [5.41, 5.74) is 0. The summed E-state index contributed by atoms with van der Waals surface area (Å²) >= 11 is 3.56. The molecular weight excluding hydrogens is 268 g/mol. The molecule has 0 saturated heterocycles. The summed E-state index contributed by atoms with van der Waals surface area (Å²) in [6.07, 6.45) is 4.53. The first-order chi connectivity index (χ1) is 6.70. The Balaban J connectivity index is 4.15. The molecule has 3 heteroatoms. The quantitative estimate of drug-likeness (QED) is 0.642. The van der Waals surface area contributed by atoms with Crippen molar-refractivity contribution in [3.63, 3.8) is 0 Å². The van der Waals surface area contributed by atoms with Gasteiger partial charge in [-0.05, 0) is 24.6 Å². The molecule has 0 aliphatic carbocycles. The van der Waals surface area contributed by atoms with E-state index >= 15 is 0 Å². The smallest absolute Gasteiger partial charge is 0.192 e. The standard InChI is InChI=1S/C12H25BrOSi/c1-7-8-9-11(13)10-14-15(5,6)12(2,3)4/h9H,7-8,10H2,1-6H3/b11-9+. The Morgan fingerprint density at radius 1 is 1.33 bits per heavy atom. The maximum atomic E-state index is 6.08. The Morgan fingerprint density at radius 3 is 2.27 bits per heavy atom. The lowest BCUT2D eigenvalue weighted by Gasteiger charge is -2.36. The Morgan fingerprint density at radius 2 is 1.87 bits per heavy atom. The van der Waals surface area contributed by atoms with Gasteiger partial charge in [0.25, 0.3) is 0 Å². The number of hydrogen-bond acceptors (Lipinski definition) is 1. The van der Waals surface area contributed by atoms with Gasteiger partial charge in [0.15, 0.2) is 8.32 Å². The molecule has 0 aromatic heterocycles. The van der Waals surface area contributed by atoms with E-state index in [1.807, 2.05) is 0 Å². The average molecular weight is 293 g/mol. The zero-order valence-electron chi connectivity index (χ0n) is 11.0. The second-order valence-electron chi connectivity index (χ2n) is 5.49. The van der Waals surface area contributed by atoms with Crippen molar-refractivity contribution in [2.75, 3.05) is 6.61 Å². The van der Waals surface area contributed by atoms with Crippen LogP contribution in [0.2, 0.25) is 18.1 Å². The third-order valence-corrected chi connectivity index (χ3v) is 8.06. The fourth-order valence-corrected chi connectivity index (χ4v) is 2.33. The molecule has 0 unspecified atom stereocenters. The van der Waals surface area contributed by atoms with Gasteiger partial charge in [-0.2, -0.15) is 0 Å². The Bertz CT molecular complexity index is 216. The van der Waals surface area contributed by atoms with E-state index in [1.54, 1.807) is 0 Å². The van der Waals surface area contributed by atoms with Crippen molar-refractivity contribution in [1.82, 2.24) is 0 Å². The summed E-state index contributed by atoms with van der Waals surface area (Å²) in [7, 11) is -1.58. The molecule has 15 heavy (non-hydrogen) atoms. The molecule has 0 aliphatic rings. The third-order valence-electron chi connectivity index (χ3n) is 3.03. The molecule has 0 N–H and O–H groups in total. The van der Waals surface area contributed by atoms with Crippen LogP contribution in [0.4, 0.5) is 0 Å². The van der Waals surface area contributed by atoms with Crippen molar-refractivity contribution in [3.8, 4) is 0 Å². The van der Waals surface area contributed by atoms with Crippen molar-refractivity contribution in [1.29, 1.82) is 0 Å². The molecule has 0 aliphatic heterocycles. The van der Waals surface area contributed by atoms with Gasteiger partial charge < -0.3 is 4.43 Å². The maximum Gasteiger partial charge on any atom is 0.192 e. The molecule has 0 atom stereocenters. The normalized spacial score (nSPS) is 14.5. The van der Waals surface area contributed by atoms with Crippen LogP contribution in [0, 0.1) is 0 Å². The first-order valence-electron chi connectivity index (χ1n) is 5.69. The molecule has 1 nitrogen and oxygen atoms in total. The van der Waals surface area contributed by atoms with Crippen molar-refractivity contribution in [3.05, 3.63) is 10.6 Å². The number of halogens is 1. The van der Waals surface area contributed by atoms with E-state index in [4.69, 9.17) is 4.43 Å². The van der Waals surface area contributed by atoms with E-state index < -0.39 is 8.32 Å². The first-order valence-corrected chi connectivity index (χ1v) is 9.39. The van der Waals surface area contributed by atoms with Gasteiger partial charge in [-0.3, -0.25) is 0 Å². The molecule has 90 valence electrons. The lowest BCUT2D eigenvalue weighted by Crippen LogP contribution is -2.41. The van der Waals surface area contributed by atoms with Crippen LogP contribution in [0.15, 0.2) is 10.6 Å². The largest absolute Gasteiger partial charge is 0.412 e. The average Bonchev–Trinajstić information content (AvgIpc) is 2.09. The van der Waals surface area contributed by atoms with E-state index in [0.717, 1.165) is 13.0 Å². The predicted octanol–water partition coefficient (Wildman–Crippen LogP) is 5.09. The number of allylic oxidation sites excluding steroid dienone is 1. The molecule has 0 saturated carbocycles. The summed E-state index contributed by atoms with van der Waals surface area (Å²) in [6.45, 7) is 14.3. The van der Waals surface area contributed by atoms with Gasteiger partial charge in [0, 0.05) is 4.48 Å². The highest BCUT2D eigenvalue weighted by Crippen LogP contribution is 2.36. The first kappa shape index (κ1) is 15.4. The van der Waals surface area contributed by atoms with Crippen LogP contribution >= 0.6 is 15.9 Å².